The molecule has 5 N–H and O–H groups in total. The third-order valence-electron chi connectivity index (χ3n) is 3.93. The van der Waals surface area contributed by atoms with Crippen molar-refractivity contribution in [3.05, 3.63) is 48.3 Å². The third kappa shape index (κ3) is 5.30. The number of rotatable bonds is 6. The van der Waals surface area contributed by atoms with Crippen LogP contribution in [0, 0.1) is 5.82 Å². The first kappa shape index (κ1) is 24.5. The first-order valence-electron chi connectivity index (χ1n) is 8.01. The van der Waals surface area contributed by atoms with Crippen LogP contribution in [0.1, 0.15) is 6.92 Å². The van der Waals surface area contributed by atoms with E-state index in [2.05, 4.69) is 0 Å². The van der Waals surface area contributed by atoms with E-state index in [1.165, 1.54) is 5.32 Å². The van der Waals surface area contributed by atoms with E-state index >= 15 is 0 Å². The molecule has 0 aliphatic rings. The molecule has 0 aliphatic heterocycles. The Morgan fingerprint density at radius 1 is 1.03 bits per heavy atom. The predicted octanol–water partition coefficient (Wildman–Crippen LogP) is 1.53. The van der Waals surface area contributed by atoms with E-state index in [1.807, 2.05) is 4.72 Å². The Morgan fingerprint density at radius 2 is 1.58 bits per heavy atom. The van der Waals surface area contributed by atoms with Crippen molar-refractivity contribution < 1.29 is 44.3 Å². The number of benzene rings is 2. The molecule has 0 spiro atoms. The average Bonchev–Trinajstić information content (AvgIpc) is 2.61. The van der Waals surface area contributed by atoms with Gasteiger partial charge in [0, 0.05) is 5.69 Å². The fourth-order valence-corrected chi connectivity index (χ4v) is 3.79. The monoisotopic (exact) mass is 485 g/mol. The maximum Gasteiger partial charge on any atom is 0.426 e. The van der Waals surface area contributed by atoms with Gasteiger partial charge in [-0.05, 0) is 43.3 Å². The zero-order valence-corrected chi connectivity index (χ0v) is 17.1. The molecule has 15 heteroatoms. The molecule has 0 saturated heterocycles. The second-order valence-corrected chi connectivity index (χ2v) is 9.53. The molecule has 0 unspecified atom stereocenters. The molecule has 9 nitrogen and oxygen atoms in total. The SMILES string of the molecule is C[C@@](O)(C(=O)Nc1cccc(S(=O)(=O)Nc2ccc(S(N)(=O)=O)cc2)c1F)C(F)(F)F. The molecule has 2 aromatic rings. The zero-order valence-electron chi connectivity index (χ0n) is 15.4. The summed E-state index contributed by atoms with van der Waals surface area (Å²) in [7, 11) is -8.70. The van der Waals surface area contributed by atoms with Crippen LogP contribution in [-0.4, -0.2) is 39.6 Å². The molecule has 0 aromatic heterocycles. The van der Waals surface area contributed by atoms with Gasteiger partial charge >= 0.3 is 6.18 Å². The van der Waals surface area contributed by atoms with Gasteiger partial charge in [-0.3, -0.25) is 9.52 Å². The molecule has 31 heavy (non-hydrogen) atoms. The highest BCUT2D eigenvalue weighted by atomic mass is 32.2. The number of nitrogens with two attached hydrogens (primary N) is 1. The maximum absolute atomic E-state index is 14.6. The van der Waals surface area contributed by atoms with Gasteiger partial charge in [0.05, 0.1) is 10.6 Å². The first-order valence-corrected chi connectivity index (χ1v) is 11.0. The molecular weight excluding hydrogens is 470 g/mol. The number of anilines is 2. The summed E-state index contributed by atoms with van der Waals surface area (Å²) in [6.45, 7) is 0.146. The summed E-state index contributed by atoms with van der Waals surface area (Å²) < 4.78 is 102. The Labute approximate surface area is 174 Å². The molecule has 0 saturated carbocycles. The first-order chi connectivity index (χ1) is 14.0. The van der Waals surface area contributed by atoms with Crippen molar-refractivity contribution in [2.24, 2.45) is 5.14 Å². The summed E-state index contributed by atoms with van der Waals surface area (Å²) in [5.74, 6) is -3.62. The number of aliphatic hydroxyl groups is 1. The topological polar surface area (TPSA) is 156 Å². The van der Waals surface area contributed by atoms with Crippen molar-refractivity contribution >= 4 is 37.3 Å². The highest BCUT2D eigenvalue weighted by Crippen LogP contribution is 2.32. The molecule has 2 aromatic carbocycles. The van der Waals surface area contributed by atoms with E-state index in [4.69, 9.17) is 5.14 Å². The van der Waals surface area contributed by atoms with Crippen molar-refractivity contribution in [2.45, 2.75) is 28.5 Å². The van der Waals surface area contributed by atoms with Crippen molar-refractivity contribution in [2.75, 3.05) is 10.0 Å². The minimum absolute atomic E-state index is 0.146. The predicted molar refractivity (Wildman–Crippen MR) is 100 cm³/mol. The molecule has 0 aliphatic carbocycles. The third-order valence-corrected chi connectivity index (χ3v) is 6.26. The summed E-state index contributed by atoms with van der Waals surface area (Å²) >= 11 is 0. The van der Waals surface area contributed by atoms with E-state index in [0.29, 0.717) is 0 Å². The normalized spacial score (nSPS) is 14.5. The van der Waals surface area contributed by atoms with Crippen LogP contribution in [0.5, 0.6) is 0 Å². The van der Waals surface area contributed by atoms with E-state index in [9.17, 15) is 44.3 Å². The van der Waals surface area contributed by atoms with Crippen molar-refractivity contribution in [3.8, 4) is 0 Å². The quantitative estimate of drug-likeness (QED) is 0.455. The van der Waals surface area contributed by atoms with Gasteiger partial charge < -0.3 is 10.4 Å². The molecule has 1 amide bonds. The Hall–Kier alpha value is -2.75. The highest BCUT2D eigenvalue weighted by Gasteiger charge is 2.55. The fourth-order valence-electron chi connectivity index (χ4n) is 2.11. The number of carbonyl (C=O) groups excluding carboxylic acids is 1. The van der Waals surface area contributed by atoms with Gasteiger partial charge in [0.2, 0.25) is 15.6 Å². The van der Waals surface area contributed by atoms with Crippen LogP contribution >= 0.6 is 0 Å². The number of halogens is 4. The lowest BCUT2D eigenvalue weighted by molar-refractivity contribution is -0.242. The van der Waals surface area contributed by atoms with Gasteiger partial charge in [0.1, 0.15) is 4.90 Å². The average molecular weight is 485 g/mol. The number of nitrogens with one attached hydrogen (secondary N) is 2. The number of primary sulfonamides is 1. The standard InChI is InChI=1S/C16H15F4N3O6S2/c1-15(25,16(18,19)20)14(24)22-11-3-2-4-12(13(11)17)31(28,29)23-9-5-7-10(8-6-9)30(21,26)27/h2-8,23,25H,1H3,(H,22,24)(H2,21,26,27)/t15-/m1/s1. The number of hydrogen-bond donors (Lipinski definition) is 4. The smallest absolute Gasteiger partial charge is 0.373 e. The maximum atomic E-state index is 14.6. The fraction of sp³-hybridized carbons (Fsp3) is 0.188. The Bertz CT molecular complexity index is 1210. The molecule has 1 atom stereocenters. The van der Waals surface area contributed by atoms with Crippen molar-refractivity contribution in [3.63, 3.8) is 0 Å². The van der Waals surface area contributed by atoms with Gasteiger partial charge in [-0.25, -0.2) is 26.4 Å². The molecule has 0 heterocycles. The summed E-state index contributed by atoms with van der Waals surface area (Å²) in [4.78, 5) is 10.4. The summed E-state index contributed by atoms with van der Waals surface area (Å²) in [6.07, 6.45) is -5.37. The van der Waals surface area contributed by atoms with E-state index in [-0.39, 0.29) is 17.5 Å². The highest BCUT2D eigenvalue weighted by molar-refractivity contribution is 7.92. The van der Waals surface area contributed by atoms with Crippen LogP contribution in [0.15, 0.2) is 52.3 Å². The summed E-state index contributed by atoms with van der Waals surface area (Å²) in [5.41, 5.74) is -4.97. The second-order valence-electron chi connectivity index (χ2n) is 6.32. The number of sulfonamides is 2. The van der Waals surface area contributed by atoms with Crippen LogP contribution in [0.4, 0.5) is 28.9 Å². The Kier molecular flexibility index (Phi) is 6.38. The van der Waals surface area contributed by atoms with Crippen molar-refractivity contribution in [1.29, 1.82) is 0 Å². The molecule has 170 valence electrons. The zero-order chi connectivity index (χ0) is 23.8. The van der Waals surface area contributed by atoms with Gasteiger partial charge in [-0.1, -0.05) is 6.07 Å². The summed E-state index contributed by atoms with van der Waals surface area (Å²) in [6, 6.07) is 6.54. The van der Waals surface area contributed by atoms with E-state index in [0.717, 1.165) is 42.5 Å². The number of carbonyl (C=O) groups is 1. The van der Waals surface area contributed by atoms with Crippen LogP contribution in [0.2, 0.25) is 0 Å². The number of hydrogen-bond acceptors (Lipinski definition) is 6. The van der Waals surface area contributed by atoms with Crippen molar-refractivity contribution in [1.82, 2.24) is 0 Å². The largest absolute Gasteiger partial charge is 0.426 e. The van der Waals surface area contributed by atoms with E-state index < -0.39 is 54.1 Å². The molecular formula is C16H15F4N3O6S2. The molecule has 0 bridgehead atoms. The van der Waals surface area contributed by atoms with E-state index in [1.54, 1.807) is 0 Å². The Balaban J connectivity index is 2.34. The minimum Gasteiger partial charge on any atom is -0.373 e. The lowest BCUT2D eigenvalue weighted by Crippen LogP contribution is -2.52. The molecule has 0 radical (unpaired) electrons. The van der Waals surface area contributed by atoms with Crippen LogP contribution < -0.4 is 15.2 Å². The second kappa shape index (κ2) is 8.07. The lowest BCUT2D eigenvalue weighted by Gasteiger charge is -2.25. The van der Waals surface area contributed by atoms with Crippen LogP contribution in [-0.2, 0) is 24.8 Å². The van der Waals surface area contributed by atoms with Crippen LogP contribution in [0.3, 0.4) is 0 Å². The van der Waals surface area contributed by atoms with Crippen LogP contribution in [0.25, 0.3) is 0 Å². The number of alkyl halides is 3. The van der Waals surface area contributed by atoms with Gasteiger partial charge in [0.25, 0.3) is 15.9 Å². The molecule has 2 rings (SSSR count). The lowest BCUT2D eigenvalue weighted by atomic mass is 10.1. The van der Waals surface area contributed by atoms with Gasteiger partial charge in [0.15, 0.2) is 5.82 Å². The summed E-state index contributed by atoms with van der Waals surface area (Å²) in [5, 5.41) is 15.8. The minimum atomic E-state index is -5.37. The number of amides is 1. The Morgan fingerprint density at radius 3 is 2.06 bits per heavy atom. The van der Waals surface area contributed by atoms with Gasteiger partial charge in [-0.2, -0.15) is 13.2 Å². The van der Waals surface area contributed by atoms with Gasteiger partial charge in [-0.15, -0.1) is 0 Å². The molecule has 0 fully saturated rings.